The van der Waals surface area contributed by atoms with Crippen molar-refractivity contribution in [1.29, 1.82) is 0 Å². The van der Waals surface area contributed by atoms with E-state index in [2.05, 4.69) is 0 Å². The first-order chi connectivity index (χ1) is 18.3. The number of alkyl halides is 2. The fourth-order valence-electron chi connectivity index (χ4n) is 8.44. The summed E-state index contributed by atoms with van der Waals surface area (Å²) < 4.78 is 44.3. The Bertz CT molecular complexity index is 1170. The second kappa shape index (κ2) is 9.50. The number of ether oxygens (including phenoxy) is 2. The molecule has 10 atom stereocenters. The second-order valence-corrected chi connectivity index (χ2v) is 13.3. The molecule has 0 aromatic carbocycles. The van der Waals surface area contributed by atoms with Crippen molar-refractivity contribution in [2.24, 2.45) is 34.5 Å². The third-order valence-corrected chi connectivity index (χ3v) is 11.6. The summed E-state index contributed by atoms with van der Waals surface area (Å²) in [4.78, 5) is 51.0. The molecule has 0 spiro atoms. The highest BCUT2D eigenvalue weighted by atomic mass is 32.2. The van der Waals surface area contributed by atoms with E-state index in [0.29, 0.717) is 12.8 Å². The van der Waals surface area contributed by atoms with E-state index >= 15 is 8.78 Å². The molecule has 1 saturated heterocycles. The SMILES string of the molecule is CCC(=O)O[C@]1(C(=O)SCC2CCOC2=O)[C@H](C)C[C@H]2[C@@H]3C[C@H](F)C4=CC(=O)C=C[C@]4(C)[C@@]3(F)[C@@H](O)C[C@@]21C. The molecule has 4 aliphatic carbocycles. The molecule has 5 rings (SSSR count). The number of carbonyl (C=O) groups is 4. The van der Waals surface area contributed by atoms with Crippen LogP contribution in [-0.4, -0.2) is 63.8 Å². The van der Waals surface area contributed by atoms with Gasteiger partial charge in [-0.25, -0.2) is 8.78 Å². The lowest BCUT2D eigenvalue weighted by Crippen LogP contribution is -2.70. The second-order valence-electron chi connectivity index (χ2n) is 12.3. The van der Waals surface area contributed by atoms with Crippen molar-refractivity contribution in [2.45, 2.75) is 83.3 Å². The molecule has 0 aromatic rings. The van der Waals surface area contributed by atoms with Crippen molar-refractivity contribution in [2.75, 3.05) is 12.4 Å². The van der Waals surface area contributed by atoms with Crippen molar-refractivity contribution in [1.82, 2.24) is 0 Å². The third-order valence-electron chi connectivity index (χ3n) is 10.5. The van der Waals surface area contributed by atoms with E-state index < -0.39 is 74.9 Å². The number of halogens is 2. The smallest absolute Gasteiger partial charge is 0.309 e. The number of esters is 2. The van der Waals surface area contributed by atoms with Crippen molar-refractivity contribution >= 4 is 34.6 Å². The highest BCUT2D eigenvalue weighted by Gasteiger charge is 2.78. The quantitative estimate of drug-likeness (QED) is 0.497. The maximum absolute atomic E-state index is 17.5. The first-order valence-electron chi connectivity index (χ1n) is 13.8. The number of carbonyl (C=O) groups excluding carboxylic acids is 4. The first kappa shape index (κ1) is 28.5. The van der Waals surface area contributed by atoms with Crippen LogP contribution in [0.2, 0.25) is 0 Å². The van der Waals surface area contributed by atoms with Gasteiger partial charge in [0.25, 0.3) is 0 Å². The number of thioether (sulfide) groups is 1. The van der Waals surface area contributed by atoms with E-state index in [0.717, 1.165) is 17.8 Å². The van der Waals surface area contributed by atoms with Crippen molar-refractivity contribution in [3.8, 4) is 0 Å². The Kier molecular flexibility index (Phi) is 6.93. The Balaban J connectivity index is 1.57. The molecule has 1 unspecified atom stereocenters. The van der Waals surface area contributed by atoms with Crippen LogP contribution in [0, 0.1) is 34.5 Å². The predicted octanol–water partition coefficient (Wildman–Crippen LogP) is 4.07. The number of rotatable bonds is 5. The number of hydrogen-bond donors (Lipinski definition) is 1. The first-order valence-corrected chi connectivity index (χ1v) is 14.8. The van der Waals surface area contributed by atoms with Gasteiger partial charge in [-0.2, -0.15) is 0 Å². The molecule has 1 aliphatic heterocycles. The molecule has 4 fully saturated rings. The van der Waals surface area contributed by atoms with Crippen LogP contribution in [0.5, 0.6) is 0 Å². The van der Waals surface area contributed by atoms with Gasteiger partial charge in [-0.15, -0.1) is 0 Å². The minimum atomic E-state index is -2.29. The Labute approximate surface area is 231 Å². The number of fused-ring (bicyclic) bond motifs is 5. The van der Waals surface area contributed by atoms with Gasteiger partial charge in [0.15, 0.2) is 17.1 Å². The van der Waals surface area contributed by atoms with E-state index in [1.165, 1.54) is 19.1 Å². The molecule has 3 saturated carbocycles. The highest BCUT2D eigenvalue weighted by Crippen LogP contribution is 2.72. The minimum Gasteiger partial charge on any atom is -0.465 e. The molecule has 7 nitrogen and oxygen atoms in total. The van der Waals surface area contributed by atoms with Crippen LogP contribution in [0.4, 0.5) is 8.78 Å². The van der Waals surface area contributed by atoms with Gasteiger partial charge in [0, 0.05) is 34.8 Å². The lowest BCUT2D eigenvalue weighted by atomic mass is 9.44. The number of hydrogen-bond acceptors (Lipinski definition) is 8. The summed E-state index contributed by atoms with van der Waals surface area (Å²) in [5.41, 5.74) is -6.69. The average Bonchev–Trinajstić information content (AvgIpc) is 3.39. The molecule has 1 N–H and O–H groups in total. The zero-order valence-corrected chi connectivity index (χ0v) is 23.5. The van der Waals surface area contributed by atoms with E-state index in [-0.39, 0.29) is 43.2 Å². The van der Waals surface area contributed by atoms with Gasteiger partial charge in [-0.3, -0.25) is 19.2 Å². The van der Waals surface area contributed by atoms with E-state index in [1.807, 2.05) is 0 Å². The fourth-order valence-corrected chi connectivity index (χ4v) is 9.79. The molecule has 0 radical (unpaired) electrons. The lowest BCUT2D eigenvalue weighted by Gasteiger charge is -2.63. The number of cyclic esters (lactones) is 1. The molecule has 10 heteroatoms. The third kappa shape index (κ3) is 3.76. The average molecular weight is 567 g/mol. The summed E-state index contributed by atoms with van der Waals surface area (Å²) in [6, 6.07) is 0. The van der Waals surface area contributed by atoms with Gasteiger partial charge >= 0.3 is 11.9 Å². The molecule has 0 aromatic heterocycles. The normalized spacial score (nSPS) is 46.6. The number of allylic oxidation sites excluding steroid dienone is 4. The van der Waals surface area contributed by atoms with Crippen molar-refractivity contribution < 1.29 is 42.5 Å². The Hall–Kier alpha value is -2.07. The molecular weight excluding hydrogens is 530 g/mol. The largest absolute Gasteiger partial charge is 0.465 e. The Morgan fingerprint density at radius 2 is 1.95 bits per heavy atom. The molecule has 0 amide bonds. The molecule has 1 heterocycles. The standard InChI is InChI=1S/C29H36F2O7S/c1-5-23(34)38-29(25(36)39-14-16-7-9-37-24(16)35)15(2)10-18-19-12-21(30)20-11-17(32)6-8-26(20,3)28(19,31)22(33)13-27(18,29)4/h6,8,11,15-16,18-19,21-22,33H,5,7,9-10,12-14H2,1-4H3/t15-,16?,18+,19+,21+,22+,26+,27+,28+,29+/m1/s1. The summed E-state index contributed by atoms with van der Waals surface area (Å²) in [7, 11) is 0. The Morgan fingerprint density at radius 3 is 2.59 bits per heavy atom. The van der Waals surface area contributed by atoms with Crippen LogP contribution in [0.15, 0.2) is 23.8 Å². The van der Waals surface area contributed by atoms with Crippen LogP contribution in [-0.2, 0) is 28.7 Å². The van der Waals surface area contributed by atoms with Gasteiger partial charge in [-0.1, -0.05) is 38.6 Å². The van der Waals surface area contributed by atoms with E-state index in [1.54, 1.807) is 20.8 Å². The monoisotopic (exact) mass is 566 g/mol. The van der Waals surface area contributed by atoms with Crippen LogP contribution in [0.3, 0.4) is 0 Å². The minimum absolute atomic E-state index is 0.0126. The summed E-state index contributed by atoms with van der Waals surface area (Å²) in [6.07, 6.45) is 0.869. The van der Waals surface area contributed by atoms with Gasteiger partial charge in [0.05, 0.1) is 18.6 Å². The summed E-state index contributed by atoms with van der Waals surface area (Å²) in [6.45, 7) is 6.96. The number of aliphatic hydroxyl groups excluding tert-OH is 1. The van der Waals surface area contributed by atoms with Crippen molar-refractivity contribution in [3.05, 3.63) is 23.8 Å². The topological polar surface area (TPSA) is 107 Å². The van der Waals surface area contributed by atoms with Crippen molar-refractivity contribution in [3.63, 3.8) is 0 Å². The molecule has 39 heavy (non-hydrogen) atoms. The van der Waals surface area contributed by atoms with Crippen LogP contribution >= 0.6 is 11.8 Å². The highest BCUT2D eigenvalue weighted by molar-refractivity contribution is 8.13. The Morgan fingerprint density at radius 1 is 1.23 bits per heavy atom. The van der Waals surface area contributed by atoms with E-state index in [9.17, 15) is 24.3 Å². The van der Waals surface area contributed by atoms with Gasteiger partial charge in [0.2, 0.25) is 5.12 Å². The number of aliphatic hydroxyl groups is 1. The maximum atomic E-state index is 17.5. The van der Waals surface area contributed by atoms with Gasteiger partial charge in [-0.05, 0) is 56.3 Å². The fraction of sp³-hybridized carbons (Fsp3) is 0.724. The summed E-state index contributed by atoms with van der Waals surface area (Å²) >= 11 is 0.908. The molecule has 0 bridgehead atoms. The lowest BCUT2D eigenvalue weighted by molar-refractivity contribution is -0.228. The molecule has 214 valence electrons. The molecule has 5 aliphatic rings. The van der Waals surface area contributed by atoms with E-state index in [4.69, 9.17) is 9.47 Å². The van der Waals surface area contributed by atoms with Crippen LogP contribution < -0.4 is 0 Å². The summed E-state index contributed by atoms with van der Waals surface area (Å²) in [5.74, 6) is -3.81. The van der Waals surface area contributed by atoms with Gasteiger partial charge < -0.3 is 14.6 Å². The number of ketones is 1. The molecular formula is C29H36F2O7S. The van der Waals surface area contributed by atoms with Gasteiger partial charge in [0.1, 0.15) is 6.17 Å². The zero-order chi connectivity index (χ0) is 28.5. The zero-order valence-electron chi connectivity index (χ0n) is 22.7. The summed E-state index contributed by atoms with van der Waals surface area (Å²) in [5, 5.41) is 11.2. The predicted molar refractivity (Wildman–Crippen MR) is 139 cm³/mol. The van der Waals surface area contributed by atoms with Crippen LogP contribution in [0.25, 0.3) is 0 Å². The maximum Gasteiger partial charge on any atom is 0.309 e. The van der Waals surface area contributed by atoms with Crippen LogP contribution in [0.1, 0.15) is 59.8 Å².